The number of hydrogen-bond acceptors (Lipinski definition) is 5. The number of ether oxygens (including phenoxy) is 1. The van der Waals surface area contributed by atoms with Gasteiger partial charge in [0.25, 0.3) is 10.0 Å². The Morgan fingerprint density at radius 1 is 0.846 bits per heavy atom. The predicted octanol–water partition coefficient (Wildman–Crippen LogP) is 5.93. The highest BCUT2D eigenvalue weighted by atomic mass is 32.2. The minimum atomic E-state index is -5.08. The molecule has 0 aliphatic carbocycles. The van der Waals surface area contributed by atoms with Crippen molar-refractivity contribution in [1.29, 1.82) is 0 Å². The van der Waals surface area contributed by atoms with E-state index in [1.807, 2.05) is 0 Å². The summed E-state index contributed by atoms with van der Waals surface area (Å²) in [5.74, 6) is -0.716. The van der Waals surface area contributed by atoms with E-state index in [4.69, 9.17) is 0 Å². The monoisotopic (exact) mass is 584 g/mol. The van der Waals surface area contributed by atoms with E-state index in [2.05, 4.69) is 4.74 Å². The quantitative estimate of drug-likeness (QED) is 0.224. The first-order valence-electron chi connectivity index (χ1n) is 10.9. The van der Waals surface area contributed by atoms with Gasteiger partial charge in [0.1, 0.15) is 5.75 Å². The molecule has 3 aromatic rings. The summed E-state index contributed by atoms with van der Waals surface area (Å²) in [6.07, 6.45) is -17.0. The Morgan fingerprint density at radius 2 is 1.46 bits per heavy atom. The van der Waals surface area contributed by atoms with E-state index in [9.17, 15) is 44.3 Å². The van der Waals surface area contributed by atoms with Crippen LogP contribution in [0, 0.1) is 0 Å². The van der Waals surface area contributed by atoms with E-state index in [1.165, 1.54) is 30.3 Å². The average Bonchev–Trinajstić information content (AvgIpc) is 2.87. The first kappa shape index (κ1) is 30.0. The Morgan fingerprint density at radius 3 is 2.08 bits per heavy atom. The van der Waals surface area contributed by atoms with Gasteiger partial charge >= 0.3 is 18.7 Å². The zero-order valence-electron chi connectivity index (χ0n) is 19.6. The number of aliphatic hydroxyl groups excluding tert-OH is 1. The van der Waals surface area contributed by atoms with Crippen molar-refractivity contribution in [3.05, 3.63) is 84.4 Å². The van der Waals surface area contributed by atoms with Gasteiger partial charge in [0.05, 0.1) is 17.1 Å². The van der Waals surface area contributed by atoms with Crippen LogP contribution in [0.5, 0.6) is 5.75 Å². The molecule has 1 atom stereocenters. The van der Waals surface area contributed by atoms with Crippen LogP contribution in [0.1, 0.15) is 5.56 Å². The first-order chi connectivity index (χ1) is 18.1. The standard InChI is InChI=1S/C24H20F8N2O4S/c25-22(26)24(30,31)38-19-9-4-6-16(12-19)14-33(15-21(35)23(27,28)29)17-7-5-8-18(13-17)34(32)39(36,37)20-10-2-1-3-11-20/h1-13,21-22,35H,14-15H2. The van der Waals surface area contributed by atoms with Crippen molar-refractivity contribution >= 4 is 21.4 Å². The van der Waals surface area contributed by atoms with E-state index in [0.29, 0.717) is 0 Å². The Balaban J connectivity index is 1.96. The molecule has 0 aromatic heterocycles. The van der Waals surface area contributed by atoms with Gasteiger partial charge in [-0.1, -0.05) is 45.4 Å². The second-order valence-corrected chi connectivity index (χ2v) is 9.84. The molecule has 39 heavy (non-hydrogen) atoms. The Kier molecular flexibility index (Phi) is 8.95. The highest BCUT2D eigenvalue weighted by Gasteiger charge is 2.44. The van der Waals surface area contributed by atoms with Gasteiger partial charge in [-0.05, 0) is 48.0 Å². The predicted molar refractivity (Wildman–Crippen MR) is 125 cm³/mol. The van der Waals surface area contributed by atoms with Gasteiger partial charge in [0.2, 0.25) is 0 Å². The molecule has 1 N–H and O–H groups in total. The van der Waals surface area contributed by atoms with Gasteiger partial charge in [-0.3, -0.25) is 0 Å². The molecule has 0 spiro atoms. The number of rotatable bonds is 11. The fourth-order valence-corrected chi connectivity index (χ4v) is 4.40. The normalized spacial score (nSPS) is 13.3. The van der Waals surface area contributed by atoms with E-state index in [0.717, 1.165) is 53.4 Å². The first-order valence-corrected chi connectivity index (χ1v) is 12.3. The number of nitrogens with zero attached hydrogens (tertiary/aromatic N) is 2. The molecule has 0 amide bonds. The summed E-state index contributed by atoms with van der Waals surface area (Å²) in [7, 11) is -4.70. The molecule has 1 unspecified atom stereocenters. The molecule has 0 aliphatic heterocycles. The number of benzene rings is 3. The topological polar surface area (TPSA) is 70.1 Å². The van der Waals surface area contributed by atoms with Crippen molar-refractivity contribution in [2.45, 2.75) is 36.3 Å². The maximum Gasteiger partial charge on any atom is 0.461 e. The molecule has 0 radical (unpaired) electrons. The number of hydrogen-bond donors (Lipinski definition) is 1. The van der Waals surface area contributed by atoms with Gasteiger partial charge in [-0.2, -0.15) is 39.2 Å². The number of aliphatic hydroxyl groups is 1. The lowest BCUT2D eigenvalue weighted by Gasteiger charge is -2.29. The van der Waals surface area contributed by atoms with Crippen LogP contribution < -0.4 is 14.2 Å². The van der Waals surface area contributed by atoms with E-state index < -0.39 is 68.8 Å². The van der Waals surface area contributed by atoms with E-state index >= 15 is 4.48 Å². The van der Waals surface area contributed by atoms with Crippen LogP contribution in [0.2, 0.25) is 0 Å². The van der Waals surface area contributed by atoms with Gasteiger partial charge in [0.15, 0.2) is 6.10 Å². The van der Waals surface area contributed by atoms with Crippen LogP contribution in [0.25, 0.3) is 0 Å². The molecule has 3 aromatic carbocycles. The smallest absolute Gasteiger partial charge is 0.428 e. The number of halogens is 8. The fourth-order valence-electron chi connectivity index (χ4n) is 3.33. The number of alkyl halides is 7. The number of sulfonamides is 1. The lowest BCUT2D eigenvalue weighted by molar-refractivity contribution is -0.253. The van der Waals surface area contributed by atoms with Crippen LogP contribution in [0.3, 0.4) is 0 Å². The summed E-state index contributed by atoms with van der Waals surface area (Å²) in [6, 6.07) is 14.9. The summed E-state index contributed by atoms with van der Waals surface area (Å²) in [6.45, 7) is -1.67. The molecule has 212 valence electrons. The van der Waals surface area contributed by atoms with Crippen LogP contribution >= 0.6 is 0 Å². The Hall–Kier alpha value is -3.59. The van der Waals surface area contributed by atoms with Crippen molar-refractivity contribution in [1.82, 2.24) is 0 Å². The molecule has 0 bridgehead atoms. The van der Waals surface area contributed by atoms with Gasteiger partial charge < -0.3 is 14.7 Å². The highest BCUT2D eigenvalue weighted by Crippen LogP contribution is 2.32. The summed E-state index contributed by atoms with van der Waals surface area (Å²) in [5.41, 5.74) is -0.784. The average molecular weight is 584 g/mol. The molecule has 0 saturated carbocycles. The fraction of sp³-hybridized carbons (Fsp3) is 0.250. The van der Waals surface area contributed by atoms with Crippen LogP contribution in [0.4, 0.5) is 46.6 Å². The molecular formula is C24H20F8N2O4S. The van der Waals surface area contributed by atoms with Gasteiger partial charge in [-0.25, -0.2) is 0 Å². The molecule has 0 fully saturated rings. The Labute approximate surface area is 217 Å². The summed E-state index contributed by atoms with van der Waals surface area (Å²) in [4.78, 5) is 0.467. The van der Waals surface area contributed by atoms with Gasteiger partial charge in [-0.15, -0.1) is 0 Å². The second kappa shape index (κ2) is 11.7. The summed E-state index contributed by atoms with van der Waals surface area (Å²) >= 11 is 0. The van der Waals surface area contributed by atoms with Crippen molar-refractivity contribution in [3.63, 3.8) is 0 Å². The second-order valence-electron chi connectivity index (χ2n) is 8.10. The lowest BCUT2D eigenvalue weighted by Crippen LogP contribution is -2.41. The number of anilines is 2. The molecular weight excluding hydrogens is 564 g/mol. The molecule has 0 aliphatic rings. The molecule has 6 nitrogen and oxygen atoms in total. The minimum Gasteiger partial charge on any atom is -0.428 e. The highest BCUT2D eigenvalue weighted by molar-refractivity contribution is 7.92. The minimum absolute atomic E-state index is 0.00800. The third-order valence-corrected chi connectivity index (χ3v) is 6.70. The maximum atomic E-state index is 15.0. The van der Waals surface area contributed by atoms with Crippen molar-refractivity contribution in [2.75, 3.05) is 16.0 Å². The van der Waals surface area contributed by atoms with E-state index in [-0.39, 0.29) is 11.3 Å². The van der Waals surface area contributed by atoms with Crippen molar-refractivity contribution in [3.8, 4) is 5.75 Å². The zero-order valence-corrected chi connectivity index (χ0v) is 20.4. The zero-order chi connectivity index (χ0) is 29.0. The van der Waals surface area contributed by atoms with Crippen LogP contribution in [0.15, 0.2) is 83.8 Å². The largest absolute Gasteiger partial charge is 0.461 e. The lowest BCUT2D eigenvalue weighted by atomic mass is 10.1. The molecule has 0 heterocycles. The molecule has 0 saturated heterocycles. The van der Waals surface area contributed by atoms with Crippen LogP contribution in [-0.4, -0.2) is 44.9 Å². The van der Waals surface area contributed by atoms with Gasteiger partial charge in [0, 0.05) is 12.2 Å². The van der Waals surface area contributed by atoms with Crippen molar-refractivity contribution < 1.29 is 53.5 Å². The molecule has 3 rings (SSSR count). The SMILES string of the molecule is O=S(=O)(c1ccccc1)N(F)c1cccc(N(Cc2cccc(OC(F)(F)C(F)F)c2)CC(O)C(F)(F)F)c1. The summed E-state index contributed by atoms with van der Waals surface area (Å²) in [5, 5.41) is 9.67. The molecule has 15 heteroatoms. The summed E-state index contributed by atoms with van der Waals surface area (Å²) < 4.78 is 135. The Bertz CT molecular complexity index is 1360. The van der Waals surface area contributed by atoms with E-state index in [1.54, 1.807) is 0 Å². The van der Waals surface area contributed by atoms with Crippen LogP contribution in [-0.2, 0) is 16.6 Å². The third-order valence-electron chi connectivity index (χ3n) is 5.20. The maximum absolute atomic E-state index is 15.0. The van der Waals surface area contributed by atoms with Crippen molar-refractivity contribution in [2.24, 2.45) is 0 Å². The third kappa shape index (κ3) is 7.50.